The van der Waals surface area contributed by atoms with Gasteiger partial charge < -0.3 is 14.5 Å². The van der Waals surface area contributed by atoms with Crippen molar-refractivity contribution in [2.24, 2.45) is 0 Å². The van der Waals surface area contributed by atoms with Crippen LogP contribution >= 0.6 is 11.8 Å². The first-order valence-electron chi connectivity index (χ1n) is 8.60. The number of hydrogen-bond donors (Lipinski definition) is 1. The summed E-state index contributed by atoms with van der Waals surface area (Å²) in [5.74, 6) is 4.45. The molecule has 0 saturated carbocycles. The number of nitrogens with zero attached hydrogens (tertiary/aromatic N) is 3. The predicted octanol–water partition coefficient (Wildman–Crippen LogP) is 2.83. The highest BCUT2D eigenvalue weighted by Gasteiger charge is 2.21. The standard InChI is InChI=1S/C20H20N4O3S/c1-4-11-21-19(25)14(2)28-20-23-22-18(15-7-9-16(26-3)10-8-15)24(20)13-17-6-5-12-27-17/h1,5-10,12,14H,11,13H2,2-3H3,(H,21,25). The van der Waals surface area contributed by atoms with Gasteiger partial charge in [-0.3, -0.25) is 9.36 Å². The average Bonchev–Trinajstić information content (AvgIpc) is 3.37. The molecule has 3 rings (SSSR count). The molecule has 144 valence electrons. The maximum atomic E-state index is 12.2. The van der Waals surface area contributed by atoms with Crippen molar-refractivity contribution < 1.29 is 13.9 Å². The average molecular weight is 396 g/mol. The molecule has 1 amide bonds. The van der Waals surface area contributed by atoms with E-state index in [4.69, 9.17) is 15.6 Å². The zero-order chi connectivity index (χ0) is 19.9. The zero-order valence-corrected chi connectivity index (χ0v) is 16.4. The lowest BCUT2D eigenvalue weighted by Gasteiger charge is -2.12. The Morgan fingerprint density at radius 1 is 1.36 bits per heavy atom. The third kappa shape index (κ3) is 4.56. The van der Waals surface area contributed by atoms with Crippen LogP contribution < -0.4 is 10.1 Å². The van der Waals surface area contributed by atoms with Gasteiger partial charge in [-0.25, -0.2) is 0 Å². The van der Waals surface area contributed by atoms with Crippen molar-refractivity contribution in [3.8, 4) is 29.5 Å². The molecule has 3 aromatic rings. The number of furan rings is 1. The maximum absolute atomic E-state index is 12.2. The van der Waals surface area contributed by atoms with Crippen LogP contribution in [0.4, 0.5) is 0 Å². The smallest absolute Gasteiger partial charge is 0.234 e. The maximum Gasteiger partial charge on any atom is 0.234 e. The Balaban J connectivity index is 1.90. The Labute approximate surface area is 167 Å². The monoisotopic (exact) mass is 396 g/mol. The van der Waals surface area contributed by atoms with Crippen molar-refractivity contribution in [1.29, 1.82) is 0 Å². The Bertz CT molecular complexity index is 959. The minimum absolute atomic E-state index is 0.151. The van der Waals surface area contributed by atoms with E-state index in [1.165, 1.54) is 11.8 Å². The highest BCUT2D eigenvalue weighted by Crippen LogP contribution is 2.28. The second-order valence-electron chi connectivity index (χ2n) is 5.88. The van der Waals surface area contributed by atoms with Gasteiger partial charge in [-0.1, -0.05) is 17.7 Å². The molecular formula is C20H20N4O3S. The van der Waals surface area contributed by atoms with E-state index < -0.39 is 0 Å². The number of hydrogen-bond acceptors (Lipinski definition) is 6. The first-order chi connectivity index (χ1) is 13.6. The predicted molar refractivity (Wildman–Crippen MR) is 107 cm³/mol. The lowest BCUT2D eigenvalue weighted by Crippen LogP contribution is -2.31. The summed E-state index contributed by atoms with van der Waals surface area (Å²) in [7, 11) is 1.62. The van der Waals surface area contributed by atoms with Gasteiger partial charge in [0.2, 0.25) is 5.91 Å². The summed E-state index contributed by atoms with van der Waals surface area (Å²) in [6.07, 6.45) is 6.82. The van der Waals surface area contributed by atoms with E-state index in [-0.39, 0.29) is 17.7 Å². The Hall–Kier alpha value is -3.18. The number of rotatable bonds is 8. The summed E-state index contributed by atoms with van der Waals surface area (Å²) in [5.41, 5.74) is 0.885. The van der Waals surface area contributed by atoms with E-state index in [0.29, 0.717) is 17.5 Å². The van der Waals surface area contributed by atoms with E-state index in [9.17, 15) is 4.79 Å². The molecule has 0 aliphatic rings. The molecule has 8 heteroatoms. The number of nitrogens with one attached hydrogen (secondary N) is 1. The van der Waals surface area contributed by atoms with Crippen molar-refractivity contribution in [1.82, 2.24) is 20.1 Å². The van der Waals surface area contributed by atoms with E-state index >= 15 is 0 Å². The zero-order valence-electron chi connectivity index (χ0n) is 15.6. The number of amides is 1. The van der Waals surface area contributed by atoms with E-state index in [1.54, 1.807) is 20.3 Å². The van der Waals surface area contributed by atoms with Gasteiger partial charge in [-0.2, -0.15) is 0 Å². The van der Waals surface area contributed by atoms with Gasteiger partial charge in [0.15, 0.2) is 11.0 Å². The molecule has 0 fully saturated rings. The molecule has 1 unspecified atom stereocenters. The molecule has 0 bridgehead atoms. The molecule has 7 nitrogen and oxygen atoms in total. The number of carbonyl (C=O) groups excluding carboxylic acids is 1. The molecule has 0 radical (unpaired) electrons. The quantitative estimate of drug-likeness (QED) is 0.466. The van der Waals surface area contributed by atoms with Crippen molar-refractivity contribution in [3.05, 3.63) is 48.4 Å². The molecule has 0 saturated heterocycles. The SMILES string of the molecule is C#CCNC(=O)C(C)Sc1nnc(-c2ccc(OC)cc2)n1Cc1ccco1. The summed E-state index contributed by atoms with van der Waals surface area (Å²) in [6.45, 7) is 2.44. The van der Waals surface area contributed by atoms with Crippen molar-refractivity contribution >= 4 is 17.7 Å². The third-order valence-corrected chi connectivity index (χ3v) is 5.06. The van der Waals surface area contributed by atoms with Crippen LogP contribution in [-0.2, 0) is 11.3 Å². The van der Waals surface area contributed by atoms with Gasteiger partial charge in [0.25, 0.3) is 0 Å². The largest absolute Gasteiger partial charge is 0.497 e. The fraction of sp³-hybridized carbons (Fsp3) is 0.250. The minimum atomic E-state index is -0.378. The molecule has 2 aromatic heterocycles. The normalized spacial score (nSPS) is 11.6. The topological polar surface area (TPSA) is 82.2 Å². The fourth-order valence-corrected chi connectivity index (χ4v) is 3.40. The van der Waals surface area contributed by atoms with Gasteiger partial charge >= 0.3 is 0 Å². The van der Waals surface area contributed by atoms with Crippen LogP contribution in [0.25, 0.3) is 11.4 Å². The van der Waals surface area contributed by atoms with Gasteiger partial charge in [0.1, 0.15) is 11.5 Å². The Kier molecular flexibility index (Phi) is 6.40. The summed E-state index contributed by atoms with van der Waals surface area (Å²) >= 11 is 1.32. The number of ether oxygens (including phenoxy) is 1. The van der Waals surface area contributed by atoms with Gasteiger partial charge in [0, 0.05) is 5.56 Å². The van der Waals surface area contributed by atoms with Crippen molar-refractivity contribution in [2.75, 3.05) is 13.7 Å². The number of carbonyl (C=O) groups is 1. The van der Waals surface area contributed by atoms with Crippen LogP contribution in [0.3, 0.4) is 0 Å². The first-order valence-corrected chi connectivity index (χ1v) is 9.48. The molecule has 1 aromatic carbocycles. The number of aromatic nitrogens is 3. The van der Waals surface area contributed by atoms with Crippen LogP contribution in [0.5, 0.6) is 5.75 Å². The van der Waals surface area contributed by atoms with Crippen LogP contribution in [0.2, 0.25) is 0 Å². The Morgan fingerprint density at radius 3 is 2.79 bits per heavy atom. The van der Waals surface area contributed by atoms with Crippen molar-refractivity contribution in [2.45, 2.75) is 23.9 Å². The van der Waals surface area contributed by atoms with E-state index in [2.05, 4.69) is 21.4 Å². The highest BCUT2D eigenvalue weighted by molar-refractivity contribution is 8.00. The second-order valence-corrected chi connectivity index (χ2v) is 7.19. The first kappa shape index (κ1) is 19.6. The lowest BCUT2D eigenvalue weighted by atomic mass is 10.2. The molecule has 0 aliphatic carbocycles. The second kappa shape index (κ2) is 9.15. The lowest BCUT2D eigenvalue weighted by molar-refractivity contribution is -0.120. The van der Waals surface area contributed by atoms with E-state index in [1.807, 2.05) is 41.0 Å². The van der Waals surface area contributed by atoms with Crippen LogP contribution in [0, 0.1) is 12.3 Å². The van der Waals surface area contributed by atoms with Crippen LogP contribution in [0.15, 0.2) is 52.2 Å². The summed E-state index contributed by atoms with van der Waals surface area (Å²) in [5, 5.41) is 11.6. The molecule has 1 atom stereocenters. The minimum Gasteiger partial charge on any atom is -0.497 e. The van der Waals surface area contributed by atoms with Crippen LogP contribution in [-0.4, -0.2) is 39.6 Å². The number of terminal acetylenes is 1. The highest BCUT2D eigenvalue weighted by atomic mass is 32.2. The molecule has 0 aliphatic heterocycles. The number of thioether (sulfide) groups is 1. The molecule has 28 heavy (non-hydrogen) atoms. The summed E-state index contributed by atoms with van der Waals surface area (Å²) in [4.78, 5) is 12.2. The summed E-state index contributed by atoms with van der Waals surface area (Å²) in [6, 6.07) is 11.3. The third-order valence-electron chi connectivity index (χ3n) is 3.98. The van der Waals surface area contributed by atoms with Gasteiger partial charge in [0.05, 0.1) is 31.7 Å². The number of benzene rings is 1. The number of methoxy groups -OCH3 is 1. The molecular weight excluding hydrogens is 376 g/mol. The van der Waals surface area contributed by atoms with Crippen LogP contribution in [0.1, 0.15) is 12.7 Å². The molecule has 2 heterocycles. The molecule has 0 spiro atoms. The molecule has 1 N–H and O–H groups in total. The van der Waals surface area contributed by atoms with E-state index in [0.717, 1.165) is 17.1 Å². The van der Waals surface area contributed by atoms with Gasteiger partial charge in [-0.15, -0.1) is 16.6 Å². The summed E-state index contributed by atoms with van der Waals surface area (Å²) < 4.78 is 12.6. The van der Waals surface area contributed by atoms with Gasteiger partial charge in [-0.05, 0) is 43.3 Å². The Morgan fingerprint density at radius 2 is 2.14 bits per heavy atom. The van der Waals surface area contributed by atoms with Crippen molar-refractivity contribution in [3.63, 3.8) is 0 Å². The fourth-order valence-electron chi connectivity index (χ4n) is 2.52.